The van der Waals surface area contributed by atoms with Crippen LogP contribution in [0.2, 0.25) is 0 Å². The lowest BCUT2D eigenvalue weighted by Gasteiger charge is -2.12. The molecule has 0 unspecified atom stereocenters. The van der Waals surface area contributed by atoms with E-state index in [1.54, 1.807) is 43.3 Å². The number of amides is 1. The molecule has 0 heterocycles. The summed E-state index contributed by atoms with van der Waals surface area (Å²) >= 11 is 0. The standard InChI is InChI=1S/C24H24N2O5S/c1-15-6-12-21(13-17(15)3)32(29,30)26-20-10-8-18(9-11-20)23(27)25-22-14-19(24(28)31-4)7-5-16(22)2/h5-14,26H,1-4H3,(H,25,27). The summed E-state index contributed by atoms with van der Waals surface area (Å²) in [6, 6.07) is 15.9. The number of carbonyl (C=O) groups excluding carboxylic acids is 2. The van der Waals surface area contributed by atoms with E-state index in [4.69, 9.17) is 4.74 Å². The number of methoxy groups -OCH3 is 1. The van der Waals surface area contributed by atoms with Crippen molar-refractivity contribution in [3.63, 3.8) is 0 Å². The molecule has 3 aromatic carbocycles. The van der Waals surface area contributed by atoms with Crippen molar-refractivity contribution in [3.8, 4) is 0 Å². The first-order valence-electron chi connectivity index (χ1n) is 9.81. The zero-order chi connectivity index (χ0) is 23.5. The average Bonchev–Trinajstić information content (AvgIpc) is 2.76. The highest BCUT2D eigenvalue weighted by Gasteiger charge is 2.16. The van der Waals surface area contributed by atoms with Crippen LogP contribution in [0.15, 0.2) is 65.6 Å². The van der Waals surface area contributed by atoms with Crippen molar-refractivity contribution in [2.75, 3.05) is 17.1 Å². The largest absolute Gasteiger partial charge is 0.465 e. The molecule has 0 saturated carbocycles. The molecule has 0 aliphatic rings. The highest BCUT2D eigenvalue weighted by Crippen LogP contribution is 2.21. The fraction of sp³-hybridized carbons (Fsp3) is 0.167. The van der Waals surface area contributed by atoms with E-state index in [1.807, 2.05) is 13.8 Å². The molecule has 0 radical (unpaired) electrons. The summed E-state index contributed by atoms with van der Waals surface area (Å²) in [5.41, 5.74) is 4.15. The Kier molecular flexibility index (Phi) is 6.64. The molecule has 8 heteroatoms. The third kappa shape index (κ3) is 5.15. The summed E-state index contributed by atoms with van der Waals surface area (Å²) in [5.74, 6) is -0.889. The number of anilines is 2. The highest BCUT2D eigenvalue weighted by atomic mass is 32.2. The van der Waals surface area contributed by atoms with Gasteiger partial charge < -0.3 is 10.1 Å². The Labute approximate surface area is 187 Å². The van der Waals surface area contributed by atoms with E-state index < -0.39 is 21.9 Å². The molecule has 0 spiro atoms. The van der Waals surface area contributed by atoms with E-state index in [1.165, 1.54) is 31.4 Å². The van der Waals surface area contributed by atoms with Gasteiger partial charge in [0, 0.05) is 16.9 Å². The van der Waals surface area contributed by atoms with Crippen LogP contribution < -0.4 is 10.0 Å². The van der Waals surface area contributed by atoms with Crippen molar-refractivity contribution in [3.05, 3.63) is 88.5 Å². The second-order valence-corrected chi connectivity index (χ2v) is 9.09. The number of hydrogen-bond donors (Lipinski definition) is 2. The lowest BCUT2D eigenvalue weighted by atomic mass is 10.1. The lowest BCUT2D eigenvalue weighted by molar-refractivity contribution is 0.0600. The zero-order valence-corrected chi connectivity index (χ0v) is 19.0. The predicted molar refractivity (Wildman–Crippen MR) is 124 cm³/mol. The Balaban J connectivity index is 1.75. The van der Waals surface area contributed by atoms with Crippen LogP contribution in [0.4, 0.5) is 11.4 Å². The second kappa shape index (κ2) is 9.23. The maximum absolute atomic E-state index is 12.6. The van der Waals surface area contributed by atoms with Crippen molar-refractivity contribution in [1.29, 1.82) is 0 Å². The van der Waals surface area contributed by atoms with E-state index >= 15 is 0 Å². The topological polar surface area (TPSA) is 102 Å². The summed E-state index contributed by atoms with van der Waals surface area (Å²) < 4.78 is 32.5. The third-order valence-electron chi connectivity index (χ3n) is 5.09. The molecule has 166 valence electrons. The van der Waals surface area contributed by atoms with E-state index in [2.05, 4.69) is 10.0 Å². The fourth-order valence-corrected chi connectivity index (χ4v) is 4.12. The maximum Gasteiger partial charge on any atom is 0.337 e. The van der Waals surface area contributed by atoms with Gasteiger partial charge in [0.1, 0.15) is 0 Å². The van der Waals surface area contributed by atoms with Crippen molar-refractivity contribution in [2.24, 2.45) is 0 Å². The Morgan fingerprint density at radius 1 is 0.781 bits per heavy atom. The molecule has 0 fully saturated rings. The number of benzene rings is 3. The van der Waals surface area contributed by atoms with Gasteiger partial charge in [-0.05, 0) is 86.0 Å². The van der Waals surface area contributed by atoms with Gasteiger partial charge >= 0.3 is 5.97 Å². The molecule has 0 aliphatic carbocycles. The summed E-state index contributed by atoms with van der Waals surface area (Å²) in [6.07, 6.45) is 0. The van der Waals surface area contributed by atoms with E-state index in [0.717, 1.165) is 16.7 Å². The average molecular weight is 453 g/mol. The first-order chi connectivity index (χ1) is 15.1. The number of esters is 1. The summed E-state index contributed by atoms with van der Waals surface area (Å²) in [4.78, 5) is 24.5. The van der Waals surface area contributed by atoms with Gasteiger partial charge in [-0.3, -0.25) is 9.52 Å². The predicted octanol–water partition coefficient (Wildman–Crippen LogP) is 4.45. The molecular formula is C24H24N2O5S. The normalized spacial score (nSPS) is 11.0. The number of nitrogens with one attached hydrogen (secondary N) is 2. The van der Waals surface area contributed by atoms with Crippen LogP contribution in [0.1, 0.15) is 37.4 Å². The molecule has 0 atom stereocenters. The monoisotopic (exact) mass is 452 g/mol. The Bertz CT molecular complexity index is 1280. The first-order valence-corrected chi connectivity index (χ1v) is 11.3. The lowest BCUT2D eigenvalue weighted by Crippen LogP contribution is -2.15. The Morgan fingerprint density at radius 2 is 1.41 bits per heavy atom. The molecule has 7 nitrogen and oxygen atoms in total. The second-order valence-electron chi connectivity index (χ2n) is 7.40. The van der Waals surface area contributed by atoms with Gasteiger partial charge in [-0.15, -0.1) is 0 Å². The number of aryl methyl sites for hydroxylation is 3. The minimum atomic E-state index is -3.75. The first kappa shape index (κ1) is 23.0. The molecule has 0 aromatic heterocycles. The van der Waals surface area contributed by atoms with Crippen LogP contribution in [-0.4, -0.2) is 27.4 Å². The molecule has 3 rings (SSSR count). The highest BCUT2D eigenvalue weighted by molar-refractivity contribution is 7.92. The van der Waals surface area contributed by atoms with E-state index in [-0.39, 0.29) is 4.90 Å². The summed E-state index contributed by atoms with van der Waals surface area (Å²) in [6.45, 7) is 5.57. The minimum absolute atomic E-state index is 0.170. The minimum Gasteiger partial charge on any atom is -0.465 e. The van der Waals surface area contributed by atoms with Gasteiger partial charge in [-0.1, -0.05) is 12.1 Å². The molecule has 0 saturated heterocycles. The summed E-state index contributed by atoms with van der Waals surface area (Å²) in [7, 11) is -2.46. The number of ether oxygens (including phenoxy) is 1. The van der Waals surface area contributed by atoms with Gasteiger partial charge in [0.2, 0.25) is 0 Å². The summed E-state index contributed by atoms with van der Waals surface area (Å²) in [5, 5.41) is 2.77. The van der Waals surface area contributed by atoms with Crippen LogP contribution in [0.5, 0.6) is 0 Å². The van der Waals surface area contributed by atoms with Crippen molar-refractivity contribution < 1.29 is 22.7 Å². The van der Waals surface area contributed by atoms with Crippen LogP contribution >= 0.6 is 0 Å². The van der Waals surface area contributed by atoms with Crippen LogP contribution in [0.3, 0.4) is 0 Å². The molecule has 0 aliphatic heterocycles. The number of carbonyl (C=O) groups is 2. The smallest absolute Gasteiger partial charge is 0.337 e. The SMILES string of the molecule is COC(=O)c1ccc(C)c(NC(=O)c2ccc(NS(=O)(=O)c3ccc(C)c(C)c3)cc2)c1. The third-order valence-corrected chi connectivity index (χ3v) is 6.47. The number of rotatable bonds is 6. The molecule has 2 N–H and O–H groups in total. The van der Waals surface area contributed by atoms with Crippen molar-refractivity contribution >= 4 is 33.3 Å². The van der Waals surface area contributed by atoms with Gasteiger partial charge in [-0.25, -0.2) is 13.2 Å². The molecule has 32 heavy (non-hydrogen) atoms. The van der Waals surface area contributed by atoms with Crippen LogP contribution in [0.25, 0.3) is 0 Å². The van der Waals surface area contributed by atoms with Gasteiger partial charge in [0.05, 0.1) is 17.6 Å². The molecule has 0 bridgehead atoms. The van der Waals surface area contributed by atoms with Crippen molar-refractivity contribution in [2.45, 2.75) is 25.7 Å². The molecule has 1 amide bonds. The van der Waals surface area contributed by atoms with Crippen LogP contribution in [-0.2, 0) is 14.8 Å². The fourth-order valence-electron chi connectivity index (χ4n) is 2.98. The van der Waals surface area contributed by atoms with Gasteiger partial charge in [0.25, 0.3) is 15.9 Å². The van der Waals surface area contributed by atoms with E-state index in [0.29, 0.717) is 22.5 Å². The zero-order valence-electron chi connectivity index (χ0n) is 18.2. The molecule has 3 aromatic rings. The Morgan fingerprint density at radius 3 is 2.03 bits per heavy atom. The van der Waals surface area contributed by atoms with E-state index in [9.17, 15) is 18.0 Å². The Hall–Kier alpha value is -3.65. The maximum atomic E-state index is 12.6. The van der Waals surface area contributed by atoms with Crippen LogP contribution in [0, 0.1) is 20.8 Å². The quantitative estimate of drug-likeness (QED) is 0.538. The van der Waals surface area contributed by atoms with Gasteiger partial charge in [0.15, 0.2) is 0 Å². The number of sulfonamides is 1. The number of hydrogen-bond acceptors (Lipinski definition) is 5. The van der Waals surface area contributed by atoms with Crippen molar-refractivity contribution in [1.82, 2.24) is 0 Å². The molecular weight excluding hydrogens is 428 g/mol. The van der Waals surface area contributed by atoms with Gasteiger partial charge in [-0.2, -0.15) is 0 Å².